The number of carbonyl (C=O) groups is 2. The first kappa shape index (κ1) is 21.5. The van der Waals surface area contributed by atoms with Gasteiger partial charge >= 0.3 is 5.97 Å². The summed E-state index contributed by atoms with van der Waals surface area (Å²) in [7, 11) is 2.83. The summed E-state index contributed by atoms with van der Waals surface area (Å²) in [6, 6.07) is 6.68. The van der Waals surface area contributed by atoms with Crippen molar-refractivity contribution in [2.24, 2.45) is 0 Å². The summed E-state index contributed by atoms with van der Waals surface area (Å²) in [4.78, 5) is 26.1. The van der Waals surface area contributed by atoms with Crippen molar-refractivity contribution in [1.82, 2.24) is 0 Å². The van der Waals surface area contributed by atoms with Crippen LogP contribution in [0.4, 0.5) is 0 Å². The first-order chi connectivity index (χ1) is 13.2. The maximum Gasteiger partial charge on any atom is 0.339 e. The van der Waals surface area contributed by atoms with Crippen LogP contribution >= 0.6 is 23.4 Å². The van der Waals surface area contributed by atoms with Gasteiger partial charge in [0.25, 0.3) is 0 Å². The van der Waals surface area contributed by atoms with Gasteiger partial charge in [-0.25, -0.2) is 4.79 Å². The predicted molar refractivity (Wildman–Crippen MR) is 103 cm³/mol. The Morgan fingerprint density at radius 2 is 1.75 bits per heavy atom. The van der Waals surface area contributed by atoms with Gasteiger partial charge in [-0.2, -0.15) is 0 Å². The van der Waals surface area contributed by atoms with Crippen molar-refractivity contribution in [2.75, 3.05) is 20.0 Å². The van der Waals surface area contributed by atoms with E-state index in [1.165, 1.54) is 14.2 Å². The number of hydrogen-bond acceptors (Lipinski definition) is 8. The Bertz CT molecular complexity index is 772. The van der Waals surface area contributed by atoms with E-state index < -0.39 is 35.4 Å². The Labute approximate surface area is 172 Å². The molecule has 0 saturated carbocycles. The van der Waals surface area contributed by atoms with Gasteiger partial charge in [0.15, 0.2) is 12.2 Å². The molecule has 2 saturated heterocycles. The van der Waals surface area contributed by atoms with E-state index in [4.69, 9.17) is 35.3 Å². The molecule has 0 aromatic heterocycles. The van der Waals surface area contributed by atoms with E-state index in [1.54, 1.807) is 38.1 Å². The third-order valence-corrected chi connectivity index (χ3v) is 6.43. The number of hydrogen-bond donors (Lipinski definition) is 0. The molecule has 0 N–H and O–H groups in total. The number of esters is 1. The second kappa shape index (κ2) is 7.59. The Morgan fingerprint density at radius 1 is 1.14 bits per heavy atom. The van der Waals surface area contributed by atoms with E-state index >= 15 is 0 Å². The van der Waals surface area contributed by atoms with Crippen molar-refractivity contribution in [3.8, 4) is 0 Å². The number of halogens is 1. The highest BCUT2D eigenvalue weighted by Crippen LogP contribution is 2.54. The number of methoxy groups -OCH3 is 2. The highest BCUT2D eigenvalue weighted by Gasteiger charge is 2.74. The van der Waals surface area contributed by atoms with Crippen LogP contribution in [0, 0.1) is 0 Å². The molecule has 28 heavy (non-hydrogen) atoms. The zero-order valence-electron chi connectivity index (χ0n) is 16.3. The lowest BCUT2D eigenvalue weighted by atomic mass is 9.86. The van der Waals surface area contributed by atoms with Crippen molar-refractivity contribution in [3.63, 3.8) is 0 Å². The number of benzene rings is 1. The third-order valence-electron chi connectivity index (χ3n) is 5.30. The molecule has 2 fully saturated rings. The van der Waals surface area contributed by atoms with Crippen LogP contribution < -0.4 is 0 Å². The number of cyclic esters (lactones) is 1. The maximum atomic E-state index is 13.3. The van der Waals surface area contributed by atoms with Crippen molar-refractivity contribution in [3.05, 3.63) is 34.9 Å². The minimum absolute atomic E-state index is 0.382. The van der Waals surface area contributed by atoms with Crippen LogP contribution in [0.5, 0.6) is 0 Å². The summed E-state index contributed by atoms with van der Waals surface area (Å²) >= 11 is 7.01. The van der Waals surface area contributed by atoms with E-state index in [0.29, 0.717) is 16.3 Å². The monoisotopic (exact) mass is 430 g/mol. The Kier molecular flexibility index (Phi) is 5.84. The lowest BCUT2D eigenvalue weighted by Crippen LogP contribution is -2.72. The van der Waals surface area contributed by atoms with Crippen molar-refractivity contribution >= 4 is 34.4 Å². The molecule has 0 spiro atoms. The molecule has 0 radical (unpaired) electrons. The first-order valence-corrected chi connectivity index (χ1v) is 10.1. The first-order valence-electron chi connectivity index (χ1n) is 8.79. The quantitative estimate of drug-likeness (QED) is 0.659. The normalized spacial score (nSPS) is 37.4. The number of ether oxygens (including phenoxy) is 5. The molecule has 5 atom stereocenters. The van der Waals surface area contributed by atoms with Crippen LogP contribution in [-0.2, 0) is 33.3 Å². The standard InChI is InChI=1S/C19H23ClO7S/c1-6-28-16(22)19-13(11-7-9-12(20)10-8-11)25-15(21)14(19)26-17(2,23-4)18(3,24-5)27-19/h7-10,13-14H,6H2,1-5H3/t13-,14+,17-,18-,19-/m1/s1. The number of thioether (sulfide) groups is 1. The van der Waals surface area contributed by atoms with Gasteiger partial charge in [-0.3, -0.25) is 4.79 Å². The van der Waals surface area contributed by atoms with Gasteiger partial charge in [0.1, 0.15) is 0 Å². The lowest BCUT2D eigenvalue weighted by molar-refractivity contribution is -0.454. The topological polar surface area (TPSA) is 80.3 Å². The van der Waals surface area contributed by atoms with E-state index in [1.807, 2.05) is 6.92 Å². The molecule has 2 heterocycles. The van der Waals surface area contributed by atoms with Crippen LogP contribution in [0.2, 0.25) is 5.02 Å². The fourth-order valence-corrected chi connectivity index (χ4v) is 4.35. The fourth-order valence-electron chi connectivity index (χ4n) is 3.48. The van der Waals surface area contributed by atoms with Crippen LogP contribution in [0.3, 0.4) is 0 Å². The lowest BCUT2D eigenvalue weighted by Gasteiger charge is -2.53. The second-order valence-corrected chi connectivity index (χ2v) is 8.45. The molecule has 9 heteroatoms. The fraction of sp³-hybridized carbons (Fsp3) is 0.579. The molecule has 0 unspecified atom stereocenters. The average Bonchev–Trinajstić information content (AvgIpc) is 2.95. The SMILES string of the molecule is CCSC(=O)[C@]12O[C@@](C)(OC)[C@](C)(OC)O[C@H]1C(=O)O[C@@H]2c1ccc(Cl)cc1. The number of fused-ring (bicyclic) bond motifs is 1. The smallest absolute Gasteiger partial charge is 0.339 e. The zero-order chi connectivity index (χ0) is 20.7. The molecule has 154 valence electrons. The van der Waals surface area contributed by atoms with Gasteiger partial charge in [-0.1, -0.05) is 42.4 Å². The Balaban J connectivity index is 2.18. The van der Waals surface area contributed by atoms with Gasteiger partial charge < -0.3 is 23.7 Å². The Hall–Kier alpha value is -1.16. The molecule has 3 rings (SSSR count). The zero-order valence-corrected chi connectivity index (χ0v) is 17.9. The largest absolute Gasteiger partial charge is 0.452 e. The molecule has 0 amide bonds. The molecule has 2 aliphatic rings. The average molecular weight is 431 g/mol. The summed E-state index contributed by atoms with van der Waals surface area (Å²) in [6.45, 7) is 5.02. The van der Waals surface area contributed by atoms with Crippen molar-refractivity contribution in [1.29, 1.82) is 0 Å². The molecule has 1 aromatic carbocycles. The minimum Gasteiger partial charge on any atom is -0.452 e. The van der Waals surface area contributed by atoms with E-state index in [2.05, 4.69) is 0 Å². The van der Waals surface area contributed by atoms with Crippen LogP contribution in [0.15, 0.2) is 24.3 Å². The Morgan fingerprint density at radius 3 is 2.29 bits per heavy atom. The summed E-state index contributed by atoms with van der Waals surface area (Å²) in [6.07, 6.45) is -2.34. The van der Waals surface area contributed by atoms with Gasteiger partial charge in [0.05, 0.1) is 0 Å². The maximum absolute atomic E-state index is 13.3. The van der Waals surface area contributed by atoms with Gasteiger partial charge in [0.2, 0.25) is 22.3 Å². The highest BCUT2D eigenvalue weighted by atomic mass is 35.5. The highest BCUT2D eigenvalue weighted by molar-refractivity contribution is 8.13. The van der Waals surface area contributed by atoms with Crippen molar-refractivity contribution < 1.29 is 33.3 Å². The van der Waals surface area contributed by atoms with E-state index in [0.717, 1.165) is 11.8 Å². The molecule has 1 aromatic rings. The summed E-state index contributed by atoms with van der Waals surface area (Å²) in [5.41, 5.74) is -1.18. The van der Waals surface area contributed by atoms with Crippen LogP contribution in [0.25, 0.3) is 0 Å². The number of rotatable bonds is 5. The second-order valence-electron chi connectivity index (χ2n) is 6.78. The third kappa shape index (κ3) is 3.07. The summed E-state index contributed by atoms with van der Waals surface area (Å²) in [5, 5.41) is 0.134. The molecule has 7 nitrogen and oxygen atoms in total. The van der Waals surface area contributed by atoms with Crippen LogP contribution in [-0.4, -0.2) is 54.3 Å². The number of carbonyl (C=O) groups excluding carboxylic acids is 2. The molecule has 0 aliphatic carbocycles. The molecule has 0 bridgehead atoms. The van der Waals surface area contributed by atoms with Crippen LogP contribution in [0.1, 0.15) is 32.4 Å². The predicted octanol–water partition coefficient (Wildman–Crippen LogP) is 3.10. The van der Waals surface area contributed by atoms with Gasteiger partial charge in [0, 0.05) is 19.2 Å². The van der Waals surface area contributed by atoms with Gasteiger partial charge in [-0.15, -0.1) is 0 Å². The molecule has 2 aliphatic heterocycles. The minimum atomic E-state index is -1.74. The van der Waals surface area contributed by atoms with E-state index in [9.17, 15) is 9.59 Å². The molecular formula is C19H23ClO7S. The molecular weight excluding hydrogens is 408 g/mol. The van der Waals surface area contributed by atoms with Gasteiger partial charge in [-0.05, 0) is 37.3 Å². The van der Waals surface area contributed by atoms with E-state index in [-0.39, 0.29) is 5.12 Å². The van der Waals surface area contributed by atoms with Crippen molar-refractivity contribution in [2.45, 2.75) is 50.2 Å². The summed E-state index contributed by atoms with van der Waals surface area (Å²) in [5.74, 6) is -3.14. The summed E-state index contributed by atoms with van der Waals surface area (Å²) < 4.78 is 28.9.